The number of hydrogen-bond donors (Lipinski definition) is 3. The van der Waals surface area contributed by atoms with E-state index < -0.39 is 0 Å². The van der Waals surface area contributed by atoms with E-state index in [1.54, 1.807) is 12.1 Å². The van der Waals surface area contributed by atoms with Crippen LogP contribution in [0.15, 0.2) is 27.9 Å². The van der Waals surface area contributed by atoms with Crippen molar-refractivity contribution in [1.29, 1.82) is 0 Å². The lowest BCUT2D eigenvalue weighted by atomic mass is 10.1. The Balaban J connectivity index is 0. The van der Waals surface area contributed by atoms with Gasteiger partial charge in [-0.05, 0) is 57.1 Å². The second-order valence-electron chi connectivity index (χ2n) is 5.23. The zero-order valence-electron chi connectivity index (χ0n) is 17.7. The topological polar surface area (TPSA) is 62.0 Å². The number of nitrogens with one attached hydrogen (secondary N) is 2. The number of aldehydes is 1. The maximum Gasteiger partial charge on any atom is 0.252 e. The van der Waals surface area contributed by atoms with Crippen LogP contribution in [0.5, 0.6) is 0 Å². The van der Waals surface area contributed by atoms with E-state index in [-0.39, 0.29) is 5.56 Å². The van der Waals surface area contributed by atoms with Crippen LogP contribution in [0, 0.1) is 20.8 Å². The number of H-pyrrole nitrogens is 1. The number of rotatable bonds is 3. The van der Waals surface area contributed by atoms with Crippen molar-refractivity contribution in [3.8, 4) is 0 Å². The fourth-order valence-corrected chi connectivity index (χ4v) is 2.66. The summed E-state index contributed by atoms with van der Waals surface area (Å²) in [4.78, 5) is 25.3. The van der Waals surface area contributed by atoms with E-state index in [4.69, 9.17) is 11.6 Å². The molecule has 4 nitrogen and oxygen atoms in total. The lowest BCUT2D eigenvalue weighted by Crippen LogP contribution is -2.20. The Morgan fingerprint density at radius 2 is 1.67 bits per heavy atom. The predicted octanol–water partition coefficient (Wildman–Crippen LogP) is 5.51. The standard InChI is InChI=1S/C9H14N2O.C8H7ClOS.2C2H6/c1-6-4-7(2)11-9(12)8(6)5-10-3;1-5-6(4-10)2-7(9)3-8(5)11;2*1-2/h4,10H,5H2,1-3H3,(H,11,12);2-4,11H,1H3;2*1-2H3. The van der Waals surface area contributed by atoms with Crippen molar-refractivity contribution in [3.63, 3.8) is 0 Å². The third-order valence-corrected chi connectivity index (χ3v) is 4.04. The van der Waals surface area contributed by atoms with E-state index >= 15 is 0 Å². The van der Waals surface area contributed by atoms with Gasteiger partial charge in [-0.1, -0.05) is 39.3 Å². The molecular formula is C21H33ClN2O2S. The first-order chi connectivity index (χ1) is 12.8. The van der Waals surface area contributed by atoms with Crippen LogP contribution in [0.4, 0.5) is 0 Å². The number of thiol groups is 1. The van der Waals surface area contributed by atoms with Gasteiger partial charge in [0.25, 0.3) is 5.56 Å². The second-order valence-corrected chi connectivity index (χ2v) is 6.15. The van der Waals surface area contributed by atoms with Gasteiger partial charge in [0, 0.05) is 33.3 Å². The highest BCUT2D eigenvalue weighted by molar-refractivity contribution is 7.80. The van der Waals surface area contributed by atoms with Crippen molar-refractivity contribution in [2.75, 3.05) is 7.05 Å². The van der Waals surface area contributed by atoms with Crippen LogP contribution in [0.1, 0.15) is 60.4 Å². The van der Waals surface area contributed by atoms with Crippen molar-refractivity contribution in [2.24, 2.45) is 0 Å². The van der Waals surface area contributed by atoms with Gasteiger partial charge < -0.3 is 10.3 Å². The maximum atomic E-state index is 11.4. The summed E-state index contributed by atoms with van der Waals surface area (Å²) in [5.74, 6) is 0. The van der Waals surface area contributed by atoms with Gasteiger partial charge in [-0.15, -0.1) is 12.6 Å². The first-order valence-corrected chi connectivity index (χ1v) is 9.91. The average Bonchev–Trinajstić information content (AvgIpc) is 2.65. The monoisotopic (exact) mass is 412 g/mol. The molecule has 0 aliphatic rings. The number of hydrogen-bond acceptors (Lipinski definition) is 4. The molecule has 0 bridgehead atoms. The number of aryl methyl sites for hydroxylation is 2. The molecule has 1 heterocycles. The number of benzene rings is 1. The van der Waals surface area contributed by atoms with E-state index in [0.29, 0.717) is 17.1 Å². The van der Waals surface area contributed by atoms with Crippen LogP contribution >= 0.6 is 24.2 Å². The third-order valence-electron chi connectivity index (χ3n) is 3.36. The minimum atomic E-state index is 0.0156. The summed E-state index contributed by atoms with van der Waals surface area (Å²) in [6, 6.07) is 5.32. The van der Waals surface area contributed by atoms with Gasteiger partial charge in [0.15, 0.2) is 0 Å². The number of carbonyl (C=O) groups excluding carboxylic acids is 1. The Hall–Kier alpha value is -1.56. The van der Waals surface area contributed by atoms with Gasteiger partial charge in [-0.3, -0.25) is 9.59 Å². The van der Waals surface area contributed by atoms with Crippen molar-refractivity contribution < 1.29 is 4.79 Å². The molecular weight excluding hydrogens is 380 g/mol. The molecule has 0 atom stereocenters. The normalized spacial score (nSPS) is 8.96. The minimum Gasteiger partial charge on any atom is -0.326 e. The van der Waals surface area contributed by atoms with Gasteiger partial charge in [0.1, 0.15) is 6.29 Å². The molecule has 1 aromatic carbocycles. The molecule has 1 aromatic heterocycles. The molecule has 0 aliphatic carbocycles. The Bertz CT molecular complexity index is 759. The van der Waals surface area contributed by atoms with Gasteiger partial charge in [0.05, 0.1) is 0 Å². The first-order valence-electron chi connectivity index (χ1n) is 9.08. The molecule has 0 amide bonds. The zero-order valence-corrected chi connectivity index (χ0v) is 19.3. The summed E-state index contributed by atoms with van der Waals surface area (Å²) >= 11 is 9.84. The van der Waals surface area contributed by atoms with E-state index in [0.717, 1.165) is 33.6 Å². The number of aromatic nitrogens is 1. The Morgan fingerprint density at radius 1 is 1.11 bits per heavy atom. The van der Waals surface area contributed by atoms with E-state index in [9.17, 15) is 9.59 Å². The lowest BCUT2D eigenvalue weighted by Gasteiger charge is -2.04. The number of aromatic amines is 1. The maximum absolute atomic E-state index is 11.4. The van der Waals surface area contributed by atoms with Crippen LogP contribution in [-0.2, 0) is 6.54 Å². The quantitative estimate of drug-likeness (QED) is 0.459. The Kier molecular flexibility index (Phi) is 15.9. The SMILES string of the molecule is CC.CC.CNCc1c(C)cc(C)[nH]c1=O.Cc1c(S)cc(Cl)cc1C=O. The van der Waals surface area contributed by atoms with E-state index in [2.05, 4.69) is 22.9 Å². The second kappa shape index (κ2) is 15.5. The van der Waals surface area contributed by atoms with Crippen molar-refractivity contribution in [2.45, 2.75) is 59.9 Å². The zero-order chi connectivity index (χ0) is 21.6. The van der Waals surface area contributed by atoms with Crippen LogP contribution < -0.4 is 10.9 Å². The van der Waals surface area contributed by atoms with Crippen molar-refractivity contribution in [1.82, 2.24) is 10.3 Å². The highest BCUT2D eigenvalue weighted by Crippen LogP contribution is 2.21. The fraction of sp³-hybridized carbons (Fsp3) is 0.429. The van der Waals surface area contributed by atoms with Crippen LogP contribution in [0.2, 0.25) is 5.02 Å². The summed E-state index contributed by atoms with van der Waals surface area (Å²) in [5, 5.41) is 3.51. The molecule has 2 aromatic rings. The van der Waals surface area contributed by atoms with Crippen LogP contribution in [0.3, 0.4) is 0 Å². The number of carbonyl (C=O) groups is 1. The summed E-state index contributed by atoms with van der Waals surface area (Å²) < 4.78 is 0. The van der Waals surface area contributed by atoms with Gasteiger partial charge in [-0.25, -0.2) is 0 Å². The van der Waals surface area contributed by atoms with E-state index in [1.807, 2.05) is 61.6 Å². The summed E-state index contributed by atoms with van der Waals surface area (Å²) in [7, 11) is 1.83. The molecule has 27 heavy (non-hydrogen) atoms. The third kappa shape index (κ3) is 9.80. The molecule has 2 N–H and O–H groups in total. The molecule has 0 saturated carbocycles. The van der Waals surface area contributed by atoms with Crippen LogP contribution in [-0.4, -0.2) is 18.3 Å². The smallest absolute Gasteiger partial charge is 0.252 e. The molecule has 0 saturated heterocycles. The molecule has 0 fully saturated rings. The molecule has 0 unspecified atom stereocenters. The highest BCUT2D eigenvalue weighted by atomic mass is 35.5. The number of pyridine rings is 1. The summed E-state index contributed by atoms with van der Waals surface area (Å²) in [5.41, 5.74) is 4.27. The highest BCUT2D eigenvalue weighted by Gasteiger charge is 2.03. The fourth-order valence-electron chi connectivity index (χ4n) is 2.09. The first kappa shape index (κ1) is 27.7. The van der Waals surface area contributed by atoms with Gasteiger partial charge in [-0.2, -0.15) is 0 Å². The molecule has 0 aliphatic heterocycles. The average molecular weight is 413 g/mol. The van der Waals surface area contributed by atoms with Crippen molar-refractivity contribution in [3.05, 3.63) is 61.5 Å². The molecule has 6 heteroatoms. The van der Waals surface area contributed by atoms with Gasteiger partial charge in [0.2, 0.25) is 0 Å². The molecule has 2 rings (SSSR count). The minimum absolute atomic E-state index is 0.0156. The summed E-state index contributed by atoms with van der Waals surface area (Å²) in [6.45, 7) is 14.3. The number of halogens is 1. The van der Waals surface area contributed by atoms with Crippen LogP contribution in [0.25, 0.3) is 0 Å². The van der Waals surface area contributed by atoms with Gasteiger partial charge >= 0.3 is 0 Å². The Morgan fingerprint density at radius 3 is 2.11 bits per heavy atom. The predicted molar refractivity (Wildman–Crippen MR) is 121 cm³/mol. The van der Waals surface area contributed by atoms with E-state index in [1.165, 1.54) is 0 Å². The lowest BCUT2D eigenvalue weighted by molar-refractivity contribution is 0.112. The molecule has 0 radical (unpaired) electrons. The molecule has 152 valence electrons. The Labute approximate surface area is 174 Å². The summed E-state index contributed by atoms with van der Waals surface area (Å²) in [6.07, 6.45) is 0.779. The largest absolute Gasteiger partial charge is 0.326 e. The molecule has 0 spiro atoms. The van der Waals surface area contributed by atoms with Crippen molar-refractivity contribution >= 4 is 30.5 Å².